The van der Waals surface area contributed by atoms with Gasteiger partial charge in [-0.1, -0.05) is 0 Å². The minimum absolute atomic E-state index is 0.0255. The highest BCUT2D eigenvalue weighted by atomic mass is 16.1. The third kappa shape index (κ3) is 5.47. The highest BCUT2D eigenvalue weighted by Gasteiger charge is 1.91. The molecule has 1 N–H and O–H groups in total. The number of hydrogen-bond acceptors (Lipinski definition) is 1. The van der Waals surface area contributed by atoms with E-state index in [9.17, 15) is 4.79 Å². The molecule has 2 heteroatoms. The Morgan fingerprint density at radius 3 is 2.29 bits per heavy atom. The zero-order chi connectivity index (χ0) is 5.86. The highest BCUT2D eigenvalue weighted by molar-refractivity contribution is 5.73. The van der Waals surface area contributed by atoms with E-state index in [1.54, 1.807) is 0 Å². The second kappa shape index (κ2) is 2.61. The summed E-state index contributed by atoms with van der Waals surface area (Å²) in [6.45, 7) is 6.84. The number of rotatable bonds is 1. The molecule has 7 heavy (non-hydrogen) atoms. The first-order valence-electron chi connectivity index (χ1n) is 2.23. The molecule has 1 radical (unpaired) electrons. The molecule has 0 aromatic carbocycles. The quantitative estimate of drug-likeness (QED) is 0.506. The summed E-state index contributed by atoms with van der Waals surface area (Å²) in [4.78, 5) is 10.1. The predicted molar refractivity (Wildman–Crippen MR) is 28.6 cm³/mol. The number of carbonyl (C=O) groups is 1. The molecule has 0 aromatic rings. The van der Waals surface area contributed by atoms with Crippen LogP contribution in [-0.2, 0) is 4.79 Å². The molecule has 1 atom stereocenters. The minimum Gasteiger partial charge on any atom is -0.354 e. The molecule has 0 aliphatic heterocycles. The van der Waals surface area contributed by atoms with E-state index in [4.69, 9.17) is 0 Å². The van der Waals surface area contributed by atoms with Crippen LogP contribution in [-0.4, -0.2) is 11.9 Å². The fourth-order valence-corrected chi connectivity index (χ4v) is 0.347. The van der Waals surface area contributed by atoms with Crippen LogP contribution in [0.15, 0.2) is 0 Å². The van der Waals surface area contributed by atoms with Crippen molar-refractivity contribution in [3.05, 3.63) is 6.92 Å². The Morgan fingerprint density at radius 1 is 1.86 bits per heavy atom. The zero-order valence-electron chi connectivity index (χ0n) is 4.69. The van der Waals surface area contributed by atoms with Crippen molar-refractivity contribution in [2.24, 2.45) is 0 Å². The second-order valence-corrected chi connectivity index (χ2v) is 1.60. The van der Waals surface area contributed by atoms with Gasteiger partial charge in [0.2, 0.25) is 5.91 Å². The molecule has 0 unspecified atom stereocenters. The molecule has 0 aliphatic carbocycles. The van der Waals surface area contributed by atoms with Gasteiger partial charge in [-0.3, -0.25) is 4.79 Å². The smallest absolute Gasteiger partial charge is 0.217 e. The van der Waals surface area contributed by atoms with Gasteiger partial charge < -0.3 is 5.32 Å². The lowest BCUT2D eigenvalue weighted by molar-refractivity contribution is -0.119. The van der Waals surface area contributed by atoms with Crippen LogP contribution in [0.5, 0.6) is 0 Å². The van der Waals surface area contributed by atoms with Gasteiger partial charge in [-0.25, -0.2) is 0 Å². The number of amides is 1. The van der Waals surface area contributed by atoms with E-state index in [0.717, 1.165) is 0 Å². The van der Waals surface area contributed by atoms with Gasteiger partial charge in [-0.05, 0) is 13.8 Å². The summed E-state index contributed by atoms with van der Waals surface area (Å²) in [6.07, 6.45) is 0. The Kier molecular flexibility index (Phi) is 2.41. The SMILES string of the molecule is [CH2][C@@H](C)NC(C)=O. The van der Waals surface area contributed by atoms with Crippen molar-refractivity contribution in [2.75, 3.05) is 0 Å². The Balaban J connectivity index is 3.13. The van der Waals surface area contributed by atoms with E-state index in [1.165, 1.54) is 6.92 Å². The molecule has 0 saturated carbocycles. The highest BCUT2D eigenvalue weighted by Crippen LogP contribution is 1.72. The standard InChI is InChI=1S/C5H10NO/c1-4(2)6-5(3)7/h4H,1H2,2-3H3,(H,6,7)/t4-/m0/s1. The summed E-state index contributed by atoms with van der Waals surface area (Å²) in [5, 5.41) is 2.56. The van der Waals surface area contributed by atoms with E-state index < -0.39 is 0 Å². The summed E-state index contributed by atoms with van der Waals surface area (Å²) in [5.74, 6) is -0.0255. The zero-order valence-corrected chi connectivity index (χ0v) is 4.69. The molecular weight excluding hydrogens is 90.1 g/mol. The van der Waals surface area contributed by atoms with E-state index in [0.29, 0.717) is 0 Å². The molecule has 0 aromatic heterocycles. The monoisotopic (exact) mass is 100 g/mol. The fourth-order valence-electron chi connectivity index (χ4n) is 0.347. The van der Waals surface area contributed by atoms with Crippen LogP contribution < -0.4 is 5.32 Å². The molecule has 0 heterocycles. The maximum atomic E-state index is 10.1. The van der Waals surface area contributed by atoms with Gasteiger partial charge in [0.1, 0.15) is 0 Å². The van der Waals surface area contributed by atoms with Gasteiger partial charge in [0.25, 0.3) is 0 Å². The maximum Gasteiger partial charge on any atom is 0.217 e. The van der Waals surface area contributed by atoms with Crippen molar-refractivity contribution in [3.8, 4) is 0 Å². The van der Waals surface area contributed by atoms with Crippen LogP contribution in [0.3, 0.4) is 0 Å². The van der Waals surface area contributed by atoms with Crippen molar-refractivity contribution in [1.82, 2.24) is 5.32 Å². The predicted octanol–water partition coefficient (Wildman–Crippen LogP) is 0.345. The average molecular weight is 100 g/mol. The maximum absolute atomic E-state index is 10.1. The second-order valence-electron chi connectivity index (χ2n) is 1.60. The third-order valence-corrected chi connectivity index (χ3v) is 0.450. The normalized spacial score (nSPS) is 9.14. The van der Waals surface area contributed by atoms with E-state index in [2.05, 4.69) is 12.2 Å². The number of hydrogen-bond donors (Lipinski definition) is 1. The van der Waals surface area contributed by atoms with Crippen molar-refractivity contribution in [3.63, 3.8) is 0 Å². The summed E-state index contributed by atoms with van der Waals surface area (Å²) < 4.78 is 0. The van der Waals surface area contributed by atoms with Crippen molar-refractivity contribution < 1.29 is 4.79 Å². The molecule has 0 fully saturated rings. The van der Waals surface area contributed by atoms with Crippen LogP contribution >= 0.6 is 0 Å². The summed E-state index contributed by atoms with van der Waals surface area (Å²) in [7, 11) is 0. The first kappa shape index (κ1) is 6.47. The van der Waals surface area contributed by atoms with Gasteiger partial charge in [0, 0.05) is 13.0 Å². The number of nitrogens with one attached hydrogen (secondary N) is 1. The molecule has 0 spiro atoms. The van der Waals surface area contributed by atoms with Crippen molar-refractivity contribution in [1.29, 1.82) is 0 Å². The summed E-state index contributed by atoms with van der Waals surface area (Å²) in [5.41, 5.74) is 0. The Labute approximate surface area is 43.9 Å². The Morgan fingerprint density at radius 2 is 2.29 bits per heavy atom. The Hall–Kier alpha value is -0.530. The van der Waals surface area contributed by atoms with Crippen LogP contribution in [0, 0.1) is 6.92 Å². The molecule has 41 valence electrons. The summed E-state index contributed by atoms with van der Waals surface area (Å²) in [6, 6.07) is 0.0255. The van der Waals surface area contributed by atoms with E-state index in [1.807, 2.05) is 6.92 Å². The molecular formula is C5H10NO. The van der Waals surface area contributed by atoms with Gasteiger partial charge in [0.05, 0.1) is 0 Å². The summed E-state index contributed by atoms with van der Waals surface area (Å²) >= 11 is 0. The molecule has 1 amide bonds. The molecule has 0 rings (SSSR count). The number of carbonyl (C=O) groups excluding carboxylic acids is 1. The fraction of sp³-hybridized carbons (Fsp3) is 0.600. The lowest BCUT2D eigenvalue weighted by atomic mass is 10.4. The van der Waals surface area contributed by atoms with Gasteiger partial charge in [0.15, 0.2) is 0 Å². The van der Waals surface area contributed by atoms with Crippen molar-refractivity contribution >= 4 is 5.91 Å². The lowest BCUT2D eigenvalue weighted by Gasteiger charge is -2.01. The molecule has 2 nitrogen and oxygen atoms in total. The molecule has 0 aliphatic rings. The minimum atomic E-state index is -0.0255. The molecule has 0 bridgehead atoms. The van der Waals surface area contributed by atoms with E-state index >= 15 is 0 Å². The van der Waals surface area contributed by atoms with Crippen LogP contribution in [0.2, 0.25) is 0 Å². The van der Waals surface area contributed by atoms with E-state index in [-0.39, 0.29) is 11.9 Å². The first-order chi connectivity index (χ1) is 3.13. The van der Waals surface area contributed by atoms with Gasteiger partial charge >= 0.3 is 0 Å². The topological polar surface area (TPSA) is 29.1 Å². The first-order valence-corrected chi connectivity index (χ1v) is 2.23. The average Bonchev–Trinajstić information content (AvgIpc) is 1.27. The van der Waals surface area contributed by atoms with Gasteiger partial charge in [-0.2, -0.15) is 0 Å². The largest absolute Gasteiger partial charge is 0.354 e. The van der Waals surface area contributed by atoms with Crippen LogP contribution in [0.25, 0.3) is 0 Å². The van der Waals surface area contributed by atoms with Crippen molar-refractivity contribution in [2.45, 2.75) is 19.9 Å². The van der Waals surface area contributed by atoms with Crippen LogP contribution in [0.4, 0.5) is 0 Å². The third-order valence-electron chi connectivity index (χ3n) is 0.450. The van der Waals surface area contributed by atoms with Gasteiger partial charge in [-0.15, -0.1) is 0 Å². The van der Waals surface area contributed by atoms with Crippen LogP contribution in [0.1, 0.15) is 13.8 Å². The lowest BCUT2D eigenvalue weighted by Crippen LogP contribution is -2.27. The molecule has 0 saturated heterocycles. The Bertz CT molecular complexity index is 68.5.